The largest absolute Gasteiger partial charge is 0.480 e. The van der Waals surface area contributed by atoms with Crippen molar-refractivity contribution in [1.29, 1.82) is 0 Å². The molecule has 0 aliphatic heterocycles. The zero-order valence-electron chi connectivity index (χ0n) is 11.3. The molecule has 21 heavy (non-hydrogen) atoms. The third-order valence-corrected chi connectivity index (χ3v) is 2.57. The SMILES string of the molecule is CN(C)c1cc(CC(NC(=O)C(F)(F)F)C(=O)O)ccn1. The average Bonchev–Trinajstić information content (AvgIpc) is 2.36. The van der Waals surface area contributed by atoms with E-state index in [-0.39, 0.29) is 6.42 Å². The summed E-state index contributed by atoms with van der Waals surface area (Å²) in [5.74, 6) is -3.30. The number of aliphatic carboxylic acids is 1. The van der Waals surface area contributed by atoms with Gasteiger partial charge in [-0.1, -0.05) is 0 Å². The van der Waals surface area contributed by atoms with Gasteiger partial charge in [-0.05, 0) is 17.7 Å². The molecule has 1 rings (SSSR count). The molecule has 0 fully saturated rings. The molecule has 9 heteroatoms. The molecule has 1 atom stereocenters. The highest BCUT2D eigenvalue weighted by Crippen LogP contribution is 2.16. The topological polar surface area (TPSA) is 82.5 Å². The summed E-state index contributed by atoms with van der Waals surface area (Å²) in [4.78, 5) is 27.5. The molecule has 1 heterocycles. The third-order valence-electron chi connectivity index (χ3n) is 2.57. The van der Waals surface area contributed by atoms with E-state index in [0.29, 0.717) is 11.4 Å². The van der Waals surface area contributed by atoms with E-state index in [4.69, 9.17) is 5.11 Å². The van der Waals surface area contributed by atoms with Gasteiger partial charge in [0.25, 0.3) is 0 Å². The van der Waals surface area contributed by atoms with Crippen molar-refractivity contribution in [3.05, 3.63) is 23.9 Å². The van der Waals surface area contributed by atoms with Crippen molar-refractivity contribution in [3.8, 4) is 0 Å². The molecule has 1 aromatic rings. The Morgan fingerprint density at radius 1 is 1.43 bits per heavy atom. The van der Waals surface area contributed by atoms with Crippen LogP contribution in [0.5, 0.6) is 0 Å². The molecule has 1 aromatic heterocycles. The first-order valence-electron chi connectivity index (χ1n) is 5.84. The Labute approximate surface area is 118 Å². The number of halogens is 3. The highest BCUT2D eigenvalue weighted by Gasteiger charge is 2.40. The fraction of sp³-hybridized carbons (Fsp3) is 0.417. The van der Waals surface area contributed by atoms with Crippen molar-refractivity contribution in [1.82, 2.24) is 10.3 Å². The molecule has 0 aliphatic rings. The summed E-state index contributed by atoms with van der Waals surface area (Å²) in [6.45, 7) is 0. The minimum Gasteiger partial charge on any atom is -0.480 e. The van der Waals surface area contributed by atoms with Crippen LogP contribution in [-0.2, 0) is 16.0 Å². The monoisotopic (exact) mass is 305 g/mol. The van der Waals surface area contributed by atoms with Crippen molar-refractivity contribution in [3.63, 3.8) is 0 Å². The lowest BCUT2D eigenvalue weighted by Crippen LogP contribution is -2.47. The summed E-state index contributed by atoms with van der Waals surface area (Å²) in [5.41, 5.74) is 0.448. The fourth-order valence-electron chi connectivity index (χ4n) is 1.51. The molecule has 0 radical (unpaired) electrons. The Bertz CT molecular complexity index is 532. The molecule has 0 bridgehead atoms. The summed E-state index contributed by atoms with van der Waals surface area (Å²) in [7, 11) is 3.43. The van der Waals surface area contributed by atoms with Crippen LogP contribution in [0.3, 0.4) is 0 Å². The summed E-state index contributed by atoms with van der Waals surface area (Å²) in [6, 6.07) is 1.34. The van der Waals surface area contributed by atoms with Gasteiger partial charge in [0, 0.05) is 26.7 Å². The second kappa shape index (κ2) is 6.42. The molecule has 0 saturated carbocycles. The van der Waals surface area contributed by atoms with E-state index < -0.39 is 24.1 Å². The first-order valence-corrected chi connectivity index (χ1v) is 5.84. The van der Waals surface area contributed by atoms with Gasteiger partial charge in [-0.2, -0.15) is 13.2 Å². The molecule has 116 valence electrons. The maximum Gasteiger partial charge on any atom is 0.471 e. The molecular formula is C12H14F3N3O3. The Hall–Kier alpha value is -2.32. The first kappa shape index (κ1) is 16.7. The Kier molecular flexibility index (Phi) is 5.12. The molecule has 1 amide bonds. The molecule has 2 N–H and O–H groups in total. The van der Waals surface area contributed by atoms with Gasteiger partial charge in [-0.15, -0.1) is 0 Å². The van der Waals surface area contributed by atoms with Crippen molar-refractivity contribution < 1.29 is 27.9 Å². The average molecular weight is 305 g/mol. The number of rotatable bonds is 5. The number of nitrogens with zero attached hydrogens (tertiary/aromatic N) is 2. The lowest BCUT2D eigenvalue weighted by atomic mass is 10.1. The van der Waals surface area contributed by atoms with Crippen LogP contribution in [0.25, 0.3) is 0 Å². The molecule has 0 aliphatic carbocycles. The molecule has 1 unspecified atom stereocenters. The maximum absolute atomic E-state index is 12.2. The van der Waals surface area contributed by atoms with E-state index in [1.54, 1.807) is 19.0 Å². The van der Waals surface area contributed by atoms with Crippen LogP contribution in [0, 0.1) is 0 Å². The predicted octanol–water partition coefficient (Wildman–Crippen LogP) is 0.822. The van der Waals surface area contributed by atoms with Crippen molar-refractivity contribution >= 4 is 17.7 Å². The zero-order chi connectivity index (χ0) is 16.2. The van der Waals surface area contributed by atoms with Crippen molar-refractivity contribution in [2.45, 2.75) is 18.6 Å². The smallest absolute Gasteiger partial charge is 0.471 e. The lowest BCUT2D eigenvalue weighted by molar-refractivity contribution is -0.175. The number of pyridine rings is 1. The minimum atomic E-state index is -5.12. The third kappa shape index (κ3) is 4.93. The normalized spacial score (nSPS) is 12.6. The highest BCUT2D eigenvalue weighted by molar-refractivity contribution is 5.87. The van der Waals surface area contributed by atoms with Crippen LogP contribution in [0.2, 0.25) is 0 Å². The number of hydrogen-bond acceptors (Lipinski definition) is 4. The second-order valence-corrected chi connectivity index (χ2v) is 4.48. The van der Waals surface area contributed by atoms with Crippen LogP contribution in [0.1, 0.15) is 5.56 Å². The Morgan fingerprint density at radius 2 is 2.05 bits per heavy atom. The standard InChI is InChI=1S/C12H14F3N3O3/c1-18(2)9-6-7(3-4-16-9)5-8(10(19)20)17-11(21)12(13,14)15/h3-4,6,8H,5H2,1-2H3,(H,17,21)(H,19,20). The van der Waals surface area contributed by atoms with Gasteiger partial charge in [-0.25, -0.2) is 9.78 Å². The molecule has 0 spiro atoms. The summed E-state index contributed by atoms with van der Waals surface area (Å²) in [6.07, 6.45) is -3.99. The van der Waals surface area contributed by atoms with Gasteiger partial charge in [0.05, 0.1) is 0 Å². The predicted molar refractivity (Wildman–Crippen MR) is 67.9 cm³/mol. The minimum absolute atomic E-state index is 0.277. The zero-order valence-corrected chi connectivity index (χ0v) is 11.3. The number of carbonyl (C=O) groups excluding carboxylic acids is 1. The summed E-state index contributed by atoms with van der Waals surface area (Å²) in [5, 5.41) is 10.4. The van der Waals surface area contributed by atoms with Crippen molar-refractivity contribution in [2.75, 3.05) is 19.0 Å². The van der Waals surface area contributed by atoms with E-state index in [1.165, 1.54) is 23.6 Å². The quantitative estimate of drug-likeness (QED) is 0.841. The van der Waals surface area contributed by atoms with Crippen LogP contribution in [-0.4, -0.2) is 48.3 Å². The van der Waals surface area contributed by atoms with E-state index in [1.807, 2.05) is 0 Å². The number of amides is 1. The number of hydrogen-bond donors (Lipinski definition) is 2. The molecule has 0 aromatic carbocycles. The molecular weight excluding hydrogens is 291 g/mol. The van der Waals surface area contributed by atoms with Crippen LogP contribution in [0.4, 0.5) is 19.0 Å². The van der Waals surface area contributed by atoms with Gasteiger partial charge in [0.15, 0.2) is 0 Å². The number of carboxylic acids is 1. The number of carboxylic acid groups (broad SMARTS) is 1. The first-order chi connectivity index (χ1) is 9.61. The Morgan fingerprint density at radius 3 is 2.52 bits per heavy atom. The van der Waals surface area contributed by atoms with Crippen LogP contribution < -0.4 is 10.2 Å². The number of aromatic nitrogens is 1. The van der Waals surface area contributed by atoms with Crippen LogP contribution >= 0.6 is 0 Å². The van der Waals surface area contributed by atoms with Gasteiger partial charge in [0.1, 0.15) is 11.9 Å². The van der Waals surface area contributed by atoms with Gasteiger partial charge < -0.3 is 15.3 Å². The maximum atomic E-state index is 12.2. The van der Waals surface area contributed by atoms with Crippen LogP contribution in [0.15, 0.2) is 18.3 Å². The summed E-state index contributed by atoms with van der Waals surface area (Å²) >= 11 is 0. The van der Waals surface area contributed by atoms with Gasteiger partial charge in [0.2, 0.25) is 0 Å². The number of carbonyl (C=O) groups is 2. The second-order valence-electron chi connectivity index (χ2n) is 4.48. The van der Waals surface area contributed by atoms with E-state index in [2.05, 4.69) is 4.98 Å². The summed E-state index contributed by atoms with van der Waals surface area (Å²) < 4.78 is 36.5. The molecule has 6 nitrogen and oxygen atoms in total. The van der Waals surface area contributed by atoms with E-state index in [9.17, 15) is 22.8 Å². The number of alkyl halides is 3. The van der Waals surface area contributed by atoms with Gasteiger partial charge >= 0.3 is 18.1 Å². The number of anilines is 1. The lowest BCUT2D eigenvalue weighted by Gasteiger charge is -2.17. The van der Waals surface area contributed by atoms with Crippen molar-refractivity contribution in [2.24, 2.45) is 0 Å². The van der Waals surface area contributed by atoms with E-state index >= 15 is 0 Å². The Balaban J connectivity index is 2.87. The molecule has 0 saturated heterocycles. The fourth-order valence-corrected chi connectivity index (χ4v) is 1.51. The van der Waals surface area contributed by atoms with Gasteiger partial charge in [-0.3, -0.25) is 4.79 Å². The highest BCUT2D eigenvalue weighted by atomic mass is 19.4. The number of nitrogens with one attached hydrogen (secondary N) is 1. The van der Waals surface area contributed by atoms with E-state index in [0.717, 1.165) is 0 Å².